The Balaban J connectivity index is 2.72. The minimum atomic E-state index is -0.954. The third kappa shape index (κ3) is 3.86. The van der Waals surface area contributed by atoms with Crippen LogP contribution in [0.3, 0.4) is 0 Å². The lowest BCUT2D eigenvalue weighted by molar-refractivity contribution is 0.0691. The summed E-state index contributed by atoms with van der Waals surface area (Å²) in [6.07, 6.45) is 9.05. The number of hydrogen-bond acceptors (Lipinski definition) is 2. The van der Waals surface area contributed by atoms with Crippen molar-refractivity contribution in [1.29, 1.82) is 0 Å². The highest BCUT2D eigenvalue weighted by Gasteiger charge is 2.16. The molecular weight excluding hydrogens is 228 g/mol. The van der Waals surface area contributed by atoms with E-state index in [-0.39, 0.29) is 5.69 Å². The van der Waals surface area contributed by atoms with Gasteiger partial charge in [0.15, 0.2) is 5.69 Å². The molecule has 0 aliphatic carbocycles. The zero-order valence-corrected chi connectivity index (χ0v) is 11.6. The summed E-state index contributed by atoms with van der Waals surface area (Å²) in [5, 5.41) is 8.89. The van der Waals surface area contributed by atoms with Gasteiger partial charge in [-0.2, -0.15) is 0 Å². The minimum Gasteiger partial charge on any atom is -0.476 e. The van der Waals surface area contributed by atoms with E-state index in [4.69, 9.17) is 5.11 Å². The fraction of sp³-hybridized carbons (Fsp3) is 0.714. The van der Waals surface area contributed by atoms with Crippen LogP contribution in [0, 0.1) is 5.92 Å². The number of aromatic carboxylic acids is 1. The zero-order valence-electron chi connectivity index (χ0n) is 11.6. The second kappa shape index (κ2) is 7.19. The molecule has 0 spiro atoms. The van der Waals surface area contributed by atoms with Crippen molar-refractivity contribution in [3.63, 3.8) is 0 Å². The number of rotatable bonds is 8. The topological polar surface area (TPSA) is 55.1 Å². The van der Waals surface area contributed by atoms with Gasteiger partial charge in [-0.3, -0.25) is 0 Å². The van der Waals surface area contributed by atoms with Crippen LogP contribution in [-0.2, 0) is 0 Å². The van der Waals surface area contributed by atoms with Crippen LogP contribution in [0.5, 0.6) is 0 Å². The second-order valence-corrected chi connectivity index (χ2v) is 4.87. The van der Waals surface area contributed by atoms with Crippen LogP contribution in [0.4, 0.5) is 0 Å². The molecule has 0 fully saturated rings. The van der Waals surface area contributed by atoms with Crippen LogP contribution in [0.15, 0.2) is 12.5 Å². The first-order chi connectivity index (χ1) is 8.62. The molecule has 0 amide bonds. The fourth-order valence-electron chi connectivity index (χ4n) is 2.43. The Morgan fingerprint density at radius 3 is 2.56 bits per heavy atom. The number of carboxylic acid groups (broad SMARTS) is 1. The van der Waals surface area contributed by atoms with Crippen LogP contribution < -0.4 is 0 Å². The van der Waals surface area contributed by atoms with E-state index in [2.05, 4.69) is 25.8 Å². The molecule has 2 atom stereocenters. The predicted octanol–water partition coefficient (Wildman–Crippen LogP) is 3.75. The summed E-state index contributed by atoms with van der Waals surface area (Å²) >= 11 is 0. The monoisotopic (exact) mass is 252 g/mol. The molecule has 1 heterocycles. The summed E-state index contributed by atoms with van der Waals surface area (Å²) in [7, 11) is 0. The number of carbonyl (C=O) groups is 1. The Hall–Kier alpha value is -1.32. The Labute approximate surface area is 109 Å². The molecule has 4 heteroatoms. The lowest BCUT2D eigenvalue weighted by Gasteiger charge is -2.22. The molecule has 1 aromatic heterocycles. The Kier molecular flexibility index (Phi) is 5.89. The summed E-state index contributed by atoms with van der Waals surface area (Å²) in [4.78, 5) is 14.8. The van der Waals surface area contributed by atoms with Gasteiger partial charge in [0, 0.05) is 12.2 Å². The molecule has 0 aliphatic heterocycles. The number of carboxylic acids is 1. The van der Waals surface area contributed by atoms with Crippen molar-refractivity contribution in [2.45, 2.75) is 58.9 Å². The normalized spacial score (nSPS) is 14.4. The summed E-state index contributed by atoms with van der Waals surface area (Å²) in [6.45, 7) is 6.58. The molecule has 2 unspecified atom stereocenters. The molecule has 1 rings (SSSR count). The molecule has 1 aromatic rings. The first-order valence-corrected chi connectivity index (χ1v) is 6.89. The molecule has 1 N–H and O–H groups in total. The Morgan fingerprint density at radius 2 is 2.11 bits per heavy atom. The molecule has 102 valence electrons. The highest BCUT2D eigenvalue weighted by molar-refractivity contribution is 5.84. The van der Waals surface area contributed by atoms with Crippen LogP contribution in [-0.4, -0.2) is 20.6 Å². The summed E-state index contributed by atoms with van der Waals surface area (Å²) < 4.78 is 1.96. The van der Waals surface area contributed by atoms with Crippen LogP contribution in [0.25, 0.3) is 0 Å². The second-order valence-electron chi connectivity index (χ2n) is 4.87. The number of imidazole rings is 1. The van der Waals surface area contributed by atoms with E-state index in [0.717, 1.165) is 18.8 Å². The van der Waals surface area contributed by atoms with E-state index in [1.165, 1.54) is 19.3 Å². The van der Waals surface area contributed by atoms with Crippen LogP contribution in [0.2, 0.25) is 0 Å². The molecule has 0 saturated carbocycles. The molecule has 0 aliphatic rings. The van der Waals surface area contributed by atoms with Gasteiger partial charge in [0.05, 0.1) is 6.33 Å². The van der Waals surface area contributed by atoms with E-state index in [0.29, 0.717) is 6.04 Å². The number of nitrogens with zero attached hydrogens (tertiary/aromatic N) is 2. The molecule has 18 heavy (non-hydrogen) atoms. The maximum absolute atomic E-state index is 10.8. The quantitative estimate of drug-likeness (QED) is 0.766. The van der Waals surface area contributed by atoms with Gasteiger partial charge in [-0.05, 0) is 18.8 Å². The number of aromatic nitrogens is 2. The largest absolute Gasteiger partial charge is 0.476 e. The zero-order chi connectivity index (χ0) is 13.5. The van der Waals surface area contributed by atoms with Crippen molar-refractivity contribution in [2.24, 2.45) is 5.92 Å². The smallest absolute Gasteiger partial charge is 0.356 e. The maximum atomic E-state index is 10.8. The van der Waals surface area contributed by atoms with E-state index in [9.17, 15) is 4.79 Å². The highest BCUT2D eigenvalue weighted by atomic mass is 16.4. The van der Waals surface area contributed by atoms with Crippen molar-refractivity contribution < 1.29 is 9.90 Å². The van der Waals surface area contributed by atoms with Crippen molar-refractivity contribution >= 4 is 5.97 Å². The van der Waals surface area contributed by atoms with Crippen molar-refractivity contribution in [3.05, 3.63) is 18.2 Å². The average Bonchev–Trinajstić information content (AvgIpc) is 2.84. The van der Waals surface area contributed by atoms with E-state index < -0.39 is 5.97 Å². The first-order valence-electron chi connectivity index (χ1n) is 6.89. The standard InChI is InChI=1S/C14H24N2O2/c1-4-7-11(5-2)8-12(6-3)16-9-13(14(17)18)15-10-16/h9-12H,4-8H2,1-3H3,(H,17,18). The fourth-order valence-corrected chi connectivity index (χ4v) is 2.43. The van der Waals surface area contributed by atoms with Gasteiger partial charge in [-0.1, -0.05) is 40.0 Å². The minimum absolute atomic E-state index is 0.136. The predicted molar refractivity (Wildman–Crippen MR) is 71.8 cm³/mol. The van der Waals surface area contributed by atoms with Crippen molar-refractivity contribution in [3.8, 4) is 0 Å². The maximum Gasteiger partial charge on any atom is 0.356 e. The van der Waals surface area contributed by atoms with Gasteiger partial charge < -0.3 is 9.67 Å². The van der Waals surface area contributed by atoms with Crippen molar-refractivity contribution in [2.75, 3.05) is 0 Å². The molecular formula is C14H24N2O2. The molecule has 0 saturated heterocycles. The van der Waals surface area contributed by atoms with E-state index >= 15 is 0 Å². The molecule has 0 aromatic carbocycles. The van der Waals surface area contributed by atoms with Gasteiger partial charge in [0.1, 0.15) is 0 Å². The molecule has 4 nitrogen and oxygen atoms in total. The lowest BCUT2D eigenvalue weighted by atomic mass is 9.92. The lowest BCUT2D eigenvalue weighted by Crippen LogP contribution is -2.12. The SMILES string of the molecule is CCCC(CC)CC(CC)n1cnc(C(=O)O)c1. The van der Waals surface area contributed by atoms with Gasteiger partial charge in [0.2, 0.25) is 0 Å². The number of hydrogen-bond donors (Lipinski definition) is 1. The van der Waals surface area contributed by atoms with E-state index in [1.807, 2.05) is 4.57 Å². The van der Waals surface area contributed by atoms with Crippen LogP contribution in [0.1, 0.15) is 69.4 Å². The summed E-state index contributed by atoms with van der Waals surface area (Å²) in [6, 6.07) is 0.363. The average molecular weight is 252 g/mol. The highest BCUT2D eigenvalue weighted by Crippen LogP contribution is 2.26. The summed E-state index contributed by atoms with van der Waals surface area (Å²) in [5.74, 6) is -0.236. The third-order valence-corrected chi connectivity index (χ3v) is 3.59. The van der Waals surface area contributed by atoms with Crippen LogP contribution >= 0.6 is 0 Å². The first kappa shape index (κ1) is 14.7. The van der Waals surface area contributed by atoms with Crippen molar-refractivity contribution in [1.82, 2.24) is 9.55 Å². The Bertz CT molecular complexity index is 374. The van der Waals surface area contributed by atoms with Gasteiger partial charge in [-0.15, -0.1) is 0 Å². The van der Waals surface area contributed by atoms with Gasteiger partial charge in [0.25, 0.3) is 0 Å². The third-order valence-electron chi connectivity index (χ3n) is 3.59. The molecule has 0 bridgehead atoms. The van der Waals surface area contributed by atoms with E-state index in [1.54, 1.807) is 12.5 Å². The Morgan fingerprint density at radius 1 is 1.39 bits per heavy atom. The molecule has 0 radical (unpaired) electrons. The van der Waals surface area contributed by atoms with Gasteiger partial charge >= 0.3 is 5.97 Å². The van der Waals surface area contributed by atoms with Gasteiger partial charge in [-0.25, -0.2) is 9.78 Å². The summed E-state index contributed by atoms with van der Waals surface area (Å²) in [5.41, 5.74) is 0.136.